The number of hydrogen-bond acceptors (Lipinski definition) is 4. The number of hydrogen-bond donors (Lipinski definition) is 1. The van der Waals surface area contributed by atoms with Crippen molar-refractivity contribution in [2.24, 2.45) is 0 Å². The first-order valence-corrected chi connectivity index (χ1v) is 7.00. The van der Waals surface area contributed by atoms with Crippen LogP contribution in [0.4, 0.5) is 0 Å². The van der Waals surface area contributed by atoms with E-state index < -0.39 is 23.9 Å². The van der Waals surface area contributed by atoms with Crippen LogP contribution in [0, 0.1) is 6.92 Å². The Balaban J connectivity index is 2.42. The average molecular weight is 277 g/mol. The molecule has 0 bridgehead atoms. The minimum Gasteiger partial charge on any atom is -0.398 e. The fraction of sp³-hybridized carbons (Fsp3) is 0.667. The van der Waals surface area contributed by atoms with E-state index in [1.807, 2.05) is 40.7 Å². The summed E-state index contributed by atoms with van der Waals surface area (Å²) in [5, 5.41) is 10.2. The third-order valence-electron chi connectivity index (χ3n) is 4.38. The van der Waals surface area contributed by atoms with Crippen LogP contribution in [0.1, 0.15) is 52.7 Å². The highest BCUT2D eigenvalue weighted by Gasteiger charge is 2.52. The van der Waals surface area contributed by atoms with Gasteiger partial charge >= 0.3 is 7.12 Å². The molecule has 2 rings (SSSR count). The molecule has 2 heterocycles. The van der Waals surface area contributed by atoms with Crippen molar-refractivity contribution in [3.8, 4) is 0 Å². The van der Waals surface area contributed by atoms with Gasteiger partial charge in [0, 0.05) is 6.20 Å². The van der Waals surface area contributed by atoms with E-state index in [1.165, 1.54) is 0 Å². The van der Waals surface area contributed by atoms with Crippen molar-refractivity contribution < 1.29 is 14.4 Å². The minimum absolute atomic E-state index is 0.392. The summed E-state index contributed by atoms with van der Waals surface area (Å²) >= 11 is 0. The highest BCUT2D eigenvalue weighted by atomic mass is 16.7. The lowest BCUT2D eigenvalue weighted by Crippen LogP contribution is -2.41. The zero-order chi connectivity index (χ0) is 15.3. The Morgan fingerprint density at radius 2 is 1.65 bits per heavy atom. The number of rotatable bonds is 2. The van der Waals surface area contributed by atoms with Gasteiger partial charge in [-0.05, 0) is 65.7 Å². The number of nitrogens with zero attached hydrogens (tertiary/aromatic N) is 1. The molecule has 0 amide bonds. The standard InChI is InChI=1S/C15H24BNO3/c1-10-11(13(2,3)18)8-9-17-12(10)16-19-14(4,5)15(6,7)20-16/h8-9,18H,1-7H3. The monoisotopic (exact) mass is 277 g/mol. The van der Waals surface area contributed by atoms with Crippen molar-refractivity contribution >= 4 is 12.7 Å². The first kappa shape index (κ1) is 15.5. The molecule has 0 atom stereocenters. The molecule has 1 N–H and O–H groups in total. The first-order valence-electron chi connectivity index (χ1n) is 7.00. The Morgan fingerprint density at radius 1 is 1.15 bits per heavy atom. The van der Waals surface area contributed by atoms with E-state index in [1.54, 1.807) is 20.0 Å². The molecule has 0 unspecified atom stereocenters. The lowest BCUT2D eigenvalue weighted by molar-refractivity contribution is 0.00578. The van der Waals surface area contributed by atoms with E-state index >= 15 is 0 Å². The maximum absolute atomic E-state index is 10.2. The lowest BCUT2D eigenvalue weighted by atomic mass is 9.78. The second-order valence-corrected chi connectivity index (χ2v) is 7.02. The number of pyridine rings is 1. The van der Waals surface area contributed by atoms with Crippen LogP contribution in [-0.4, -0.2) is 28.4 Å². The van der Waals surface area contributed by atoms with Gasteiger partial charge < -0.3 is 14.4 Å². The molecular weight excluding hydrogens is 253 g/mol. The molecule has 0 aromatic carbocycles. The molecule has 1 fully saturated rings. The summed E-state index contributed by atoms with van der Waals surface area (Å²) in [5.74, 6) is 0. The Hall–Kier alpha value is -0.905. The average Bonchev–Trinajstić information content (AvgIpc) is 2.46. The molecule has 5 heteroatoms. The van der Waals surface area contributed by atoms with Gasteiger partial charge in [-0.3, -0.25) is 4.98 Å². The van der Waals surface area contributed by atoms with E-state index in [0.29, 0.717) is 0 Å². The smallest absolute Gasteiger partial charge is 0.398 e. The molecule has 0 aliphatic carbocycles. The van der Waals surface area contributed by atoms with Crippen molar-refractivity contribution in [1.82, 2.24) is 4.98 Å². The van der Waals surface area contributed by atoms with Crippen LogP contribution in [-0.2, 0) is 14.9 Å². The molecule has 1 aliphatic rings. The zero-order valence-electron chi connectivity index (χ0n) is 13.4. The van der Waals surface area contributed by atoms with Crippen molar-refractivity contribution in [3.63, 3.8) is 0 Å². The summed E-state index contributed by atoms with van der Waals surface area (Å²) in [6, 6.07) is 1.84. The quantitative estimate of drug-likeness (QED) is 0.839. The van der Waals surface area contributed by atoms with E-state index in [9.17, 15) is 5.11 Å². The lowest BCUT2D eigenvalue weighted by Gasteiger charge is -2.32. The number of aromatic nitrogens is 1. The highest BCUT2D eigenvalue weighted by Crippen LogP contribution is 2.36. The Bertz CT molecular complexity index is 504. The van der Waals surface area contributed by atoms with E-state index in [4.69, 9.17) is 9.31 Å². The van der Waals surface area contributed by atoms with Crippen molar-refractivity contribution in [2.45, 2.75) is 65.3 Å². The summed E-state index contributed by atoms with van der Waals surface area (Å²) in [6.45, 7) is 13.5. The SMILES string of the molecule is Cc1c(C(C)(C)O)ccnc1B1OC(C)(C)C(C)(C)O1. The van der Waals surface area contributed by atoms with Gasteiger partial charge in [0.05, 0.1) is 22.4 Å². The molecule has 20 heavy (non-hydrogen) atoms. The fourth-order valence-corrected chi connectivity index (χ4v) is 2.41. The van der Waals surface area contributed by atoms with Gasteiger partial charge in [-0.2, -0.15) is 0 Å². The number of aliphatic hydroxyl groups is 1. The van der Waals surface area contributed by atoms with Gasteiger partial charge in [0.15, 0.2) is 0 Å². The molecule has 1 aromatic rings. The molecule has 1 aromatic heterocycles. The largest absolute Gasteiger partial charge is 0.514 e. The molecular formula is C15H24BNO3. The second kappa shape index (κ2) is 4.55. The Morgan fingerprint density at radius 3 is 2.10 bits per heavy atom. The van der Waals surface area contributed by atoms with Crippen LogP contribution in [0.15, 0.2) is 12.3 Å². The molecule has 4 nitrogen and oxygen atoms in total. The normalized spacial score (nSPS) is 21.3. The van der Waals surface area contributed by atoms with E-state index in [2.05, 4.69) is 4.98 Å². The predicted molar refractivity (Wildman–Crippen MR) is 79.9 cm³/mol. The van der Waals surface area contributed by atoms with E-state index in [-0.39, 0.29) is 0 Å². The maximum atomic E-state index is 10.2. The molecule has 1 aliphatic heterocycles. The van der Waals surface area contributed by atoms with Crippen molar-refractivity contribution in [3.05, 3.63) is 23.4 Å². The van der Waals surface area contributed by atoms with Gasteiger partial charge in [-0.1, -0.05) is 0 Å². The maximum Gasteiger partial charge on any atom is 0.514 e. The zero-order valence-corrected chi connectivity index (χ0v) is 13.4. The van der Waals surface area contributed by atoms with Gasteiger partial charge in [-0.15, -0.1) is 0 Å². The Kier molecular flexibility index (Phi) is 3.52. The second-order valence-electron chi connectivity index (χ2n) is 7.02. The van der Waals surface area contributed by atoms with Crippen molar-refractivity contribution in [2.75, 3.05) is 0 Å². The van der Waals surface area contributed by atoms with Crippen LogP contribution in [0.3, 0.4) is 0 Å². The first-order chi connectivity index (χ1) is 8.96. The topological polar surface area (TPSA) is 51.6 Å². The molecule has 1 saturated heterocycles. The fourth-order valence-electron chi connectivity index (χ4n) is 2.41. The molecule has 0 radical (unpaired) electrons. The van der Waals surface area contributed by atoms with E-state index in [0.717, 1.165) is 16.7 Å². The molecule has 0 spiro atoms. The third-order valence-corrected chi connectivity index (χ3v) is 4.38. The minimum atomic E-state index is -0.911. The third kappa shape index (κ3) is 2.50. The van der Waals surface area contributed by atoms with Gasteiger partial charge in [0.25, 0.3) is 0 Å². The van der Waals surface area contributed by atoms with Crippen LogP contribution >= 0.6 is 0 Å². The summed E-state index contributed by atoms with van der Waals surface area (Å²) in [5.41, 5.74) is 0.803. The summed E-state index contributed by atoms with van der Waals surface area (Å²) in [4.78, 5) is 4.40. The van der Waals surface area contributed by atoms with Crippen LogP contribution < -0.4 is 5.59 Å². The van der Waals surface area contributed by atoms with Crippen LogP contribution in [0.25, 0.3) is 0 Å². The Labute approximate surface area is 121 Å². The van der Waals surface area contributed by atoms with Gasteiger partial charge in [-0.25, -0.2) is 0 Å². The van der Waals surface area contributed by atoms with Crippen LogP contribution in [0.2, 0.25) is 0 Å². The summed E-state index contributed by atoms with van der Waals surface area (Å²) in [7, 11) is -0.498. The van der Waals surface area contributed by atoms with Gasteiger partial charge in [0.1, 0.15) is 0 Å². The summed E-state index contributed by atoms with van der Waals surface area (Å²) in [6.07, 6.45) is 1.70. The molecule has 110 valence electrons. The van der Waals surface area contributed by atoms with Gasteiger partial charge in [0.2, 0.25) is 0 Å². The molecule has 0 saturated carbocycles. The van der Waals surface area contributed by atoms with Crippen molar-refractivity contribution in [1.29, 1.82) is 0 Å². The predicted octanol–water partition coefficient (Wildman–Crippen LogP) is 1.92. The summed E-state index contributed by atoms with van der Waals surface area (Å²) < 4.78 is 12.1. The van der Waals surface area contributed by atoms with Crippen LogP contribution in [0.5, 0.6) is 0 Å². The highest BCUT2D eigenvalue weighted by molar-refractivity contribution is 6.61.